The van der Waals surface area contributed by atoms with Crippen molar-refractivity contribution >= 4 is 17.9 Å². The Bertz CT molecular complexity index is 673. The van der Waals surface area contributed by atoms with E-state index < -0.39 is 0 Å². The molecule has 0 bridgehead atoms. The zero-order valence-corrected chi connectivity index (χ0v) is 12.3. The van der Waals surface area contributed by atoms with Gasteiger partial charge in [-0.15, -0.1) is 0 Å². The second-order valence-corrected chi connectivity index (χ2v) is 5.31. The molecule has 0 spiro atoms. The molecule has 1 fully saturated rings. The first-order chi connectivity index (χ1) is 10.1. The van der Waals surface area contributed by atoms with Crippen LogP contribution in [-0.4, -0.2) is 24.9 Å². The third-order valence-electron chi connectivity index (χ3n) is 3.80. The minimum atomic E-state index is 0.118. The van der Waals surface area contributed by atoms with Crippen LogP contribution in [0.15, 0.2) is 35.9 Å². The van der Waals surface area contributed by atoms with E-state index in [0.717, 1.165) is 42.1 Å². The summed E-state index contributed by atoms with van der Waals surface area (Å²) in [7, 11) is 3.86. The first kappa shape index (κ1) is 13.5. The Morgan fingerprint density at radius 3 is 1.81 bits per heavy atom. The number of ketones is 1. The average molecular weight is 282 g/mol. The fraction of sp³-hybridized carbons (Fsp3) is 0.312. The quantitative estimate of drug-likeness (QED) is 0.795. The number of aromatic nitrogens is 4. The molecule has 3 rings (SSSR count). The van der Waals surface area contributed by atoms with E-state index in [1.54, 1.807) is 12.4 Å². The van der Waals surface area contributed by atoms with Crippen molar-refractivity contribution in [2.75, 3.05) is 0 Å². The molecule has 2 heterocycles. The molecule has 2 aromatic heterocycles. The molecule has 0 amide bonds. The van der Waals surface area contributed by atoms with Gasteiger partial charge in [-0.05, 0) is 31.4 Å². The van der Waals surface area contributed by atoms with E-state index in [1.807, 2.05) is 47.8 Å². The molecule has 0 saturated heterocycles. The highest BCUT2D eigenvalue weighted by molar-refractivity contribution is 6.13. The number of hydrogen-bond donors (Lipinski definition) is 0. The monoisotopic (exact) mass is 282 g/mol. The Morgan fingerprint density at radius 1 is 0.952 bits per heavy atom. The maximum atomic E-state index is 12.6. The van der Waals surface area contributed by atoms with Gasteiger partial charge in [0.15, 0.2) is 5.78 Å². The minimum absolute atomic E-state index is 0.118. The van der Waals surface area contributed by atoms with Crippen molar-refractivity contribution in [1.29, 1.82) is 0 Å². The molecule has 1 saturated carbocycles. The number of aryl methyl sites for hydroxylation is 2. The number of Topliss-reactive ketones (excluding diaryl/α,β-unsaturated/α-hetero) is 1. The first-order valence-corrected chi connectivity index (χ1v) is 7.05. The molecule has 5 nitrogen and oxygen atoms in total. The van der Waals surface area contributed by atoms with Gasteiger partial charge in [0.25, 0.3) is 0 Å². The number of nitrogens with zero attached hydrogens (tertiary/aromatic N) is 4. The van der Waals surface area contributed by atoms with Gasteiger partial charge in [-0.2, -0.15) is 0 Å². The van der Waals surface area contributed by atoms with Crippen molar-refractivity contribution < 1.29 is 4.79 Å². The normalized spacial score (nSPS) is 19.6. The molecule has 1 aliphatic carbocycles. The van der Waals surface area contributed by atoms with Crippen LogP contribution in [0.5, 0.6) is 0 Å². The van der Waals surface area contributed by atoms with E-state index in [9.17, 15) is 4.79 Å². The number of carbonyl (C=O) groups is 1. The molecule has 0 aliphatic heterocycles. The fourth-order valence-electron chi connectivity index (χ4n) is 2.52. The molecule has 2 aromatic rings. The molecule has 5 heteroatoms. The summed E-state index contributed by atoms with van der Waals surface area (Å²) in [5.41, 5.74) is 1.66. The summed E-state index contributed by atoms with van der Waals surface area (Å²) in [6, 6.07) is 0. The van der Waals surface area contributed by atoms with Crippen molar-refractivity contribution in [3.63, 3.8) is 0 Å². The van der Waals surface area contributed by atoms with E-state index in [-0.39, 0.29) is 5.78 Å². The maximum Gasteiger partial charge on any atom is 0.185 e. The SMILES string of the molecule is Cn1ccnc1/C=C1\CCC/C(=C\c2nccn2C)C1=O. The highest BCUT2D eigenvalue weighted by Gasteiger charge is 2.21. The van der Waals surface area contributed by atoms with Crippen LogP contribution in [0, 0.1) is 0 Å². The topological polar surface area (TPSA) is 52.7 Å². The van der Waals surface area contributed by atoms with Gasteiger partial charge in [0.1, 0.15) is 11.6 Å². The van der Waals surface area contributed by atoms with Crippen LogP contribution in [0.3, 0.4) is 0 Å². The van der Waals surface area contributed by atoms with Crippen molar-refractivity contribution in [3.8, 4) is 0 Å². The number of hydrogen-bond acceptors (Lipinski definition) is 3. The zero-order valence-electron chi connectivity index (χ0n) is 12.3. The molecule has 108 valence electrons. The first-order valence-electron chi connectivity index (χ1n) is 7.05. The zero-order chi connectivity index (χ0) is 14.8. The van der Waals surface area contributed by atoms with Crippen LogP contribution in [0.2, 0.25) is 0 Å². The van der Waals surface area contributed by atoms with Crippen LogP contribution in [-0.2, 0) is 18.9 Å². The maximum absolute atomic E-state index is 12.6. The van der Waals surface area contributed by atoms with Gasteiger partial charge in [-0.1, -0.05) is 0 Å². The van der Waals surface area contributed by atoms with Gasteiger partial charge in [0.05, 0.1) is 0 Å². The highest BCUT2D eigenvalue weighted by Crippen LogP contribution is 2.27. The fourth-order valence-corrected chi connectivity index (χ4v) is 2.52. The summed E-state index contributed by atoms with van der Waals surface area (Å²) >= 11 is 0. The predicted octanol–water partition coefficient (Wildman–Crippen LogP) is 2.37. The highest BCUT2D eigenvalue weighted by atomic mass is 16.1. The lowest BCUT2D eigenvalue weighted by molar-refractivity contribution is -0.112. The molecule has 0 radical (unpaired) electrons. The smallest absolute Gasteiger partial charge is 0.185 e. The average Bonchev–Trinajstić information content (AvgIpc) is 3.04. The summed E-state index contributed by atoms with van der Waals surface area (Å²) < 4.78 is 3.83. The molecule has 1 aliphatic rings. The Morgan fingerprint density at radius 2 is 1.43 bits per heavy atom. The van der Waals surface area contributed by atoms with Gasteiger partial charge < -0.3 is 9.13 Å². The van der Waals surface area contributed by atoms with Gasteiger partial charge in [-0.3, -0.25) is 4.79 Å². The van der Waals surface area contributed by atoms with Gasteiger partial charge >= 0.3 is 0 Å². The molecule has 21 heavy (non-hydrogen) atoms. The van der Waals surface area contributed by atoms with Crippen LogP contribution in [0.4, 0.5) is 0 Å². The molecule has 0 unspecified atom stereocenters. The lowest BCUT2D eigenvalue weighted by atomic mass is 9.88. The van der Waals surface area contributed by atoms with E-state index in [2.05, 4.69) is 9.97 Å². The van der Waals surface area contributed by atoms with Crippen molar-refractivity contribution in [1.82, 2.24) is 19.1 Å². The minimum Gasteiger partial charge on any atom is -0.335 e. The summed E-state index contributed by atoms with van der Waals surface area (Å²) in [4.78, 5) is 21.1. The molecule has 0 aromatic carbocycles. The van der Waals surface area contributed by atoms with E-state index in [4.69, 9.17) is 0 Å². The Balaban J connectivity index is 1.91. The van der Waals surface area contributed by atoms with Crippen LogP contribution in [0.25, 0.3) is 12.2 Å². The molecule has 0 atom stereocenters. The summed E-state index contributed by atoms with van der Waals surface area (Å²) in [5, 5.41) is 0. The lowest BCUT2D eigenvalue weighted by Gasteiger charge is -2.16. The summed E-state index contributed by atoms with van der Waals surface area (Å²) in [6.45, 7) is 0. The second-order valence-electron chi connectivity index (χ2n) is 5.31. The molecular formula is C16H18N4O. The van der Waals surface area contributed by atoms with E-state index >= 15 is 0 Å². The Kier molecular flexibility index (Phi) is 3.56. The third kappa shape index (κ3) is 2.72. The van der Waals surface area contributed by atoms with Gasteiger partial charge in [-0.25, -0.2) is 9.97 Å². The Hall–Kier alpha value is -2.43. The predicted molar refractivity (Wildman–Crippen MR) is 81.2 cm³/mol. The number of carbonyl (C=O) groups excluding carboxylic acids is 1. The Labute approximate surface area is 123 Å². The van der Waals surface area contributed by atoms with Crippen molar-refractivity contribution in [2.24, 2.45) is 14.1 Å². The van der Waals surface area contributed by atoms with Crippen LogP contribution < -0.4 is 0 Å². The number of allylic oxidation sites excluding steroid dienone is 2. The summed E-state index contributed by atoms with van der Waals surface area (Å²) in [6.07, 6.45) is 13.6. The van der Waals surface area contributed by atoms with E-state index in [0.29, 0.717) is 0 Å². The van der Waals surface area contributed by atoms with E-state index in [1.165, 1.54) is 0 Å². The van der Waals surface area contributed by atoms with Crippen molar-refractivity contribution in [3.05, 3.63) is 47.6 Å². The number of rotatable bonds is 2. The molecule has 0 N–H and O–H groups in total. The van der Waals surface area contributed by atoms with Crippen LogP contribution in [0.1, 0.15) is 30.9 Å². The molecular weight excluding hydrogens is 264 g/mol. The standard InChI is InChI=1S/C16H18N4O/c1-19-8-6-17-14(19)10-12-4-3-5-13(16(12)21)11-15-18-7-9-20(15)2/h6-11H,3-5H2,1-2H3/b12-10+,13-11+. The number of imidazole rings is 2. The third-order valence-corrected chi connectivity index (χ3v) is 3.80. The largest absolute Gasteiger partial charge is 0.335 e. The summed E-state index contributed by atoms with van der Waals surface area (Å²) in [5.74, 6) is 1.75. The lowest BCUT2D eigenvalue weighted by Crippen LogP contribution is -2.13. The second kappa shape index (κ2) is 5.52. The van der Waals surface area contributed by atoms with Gasteiger partial charge in [0.2, 0.25) is 0 Å². The van der Waals surface area contributed by atoms with Crippen LogP contribution >= 0.6 is 0 Å². The van der Waals surface area contributed by atoms with Crippen molar-refractivity contribution in [2.45, 2.75) is 19.3 Å². The van der Waals surface area contributed by atoms with Gasteiger partial charge in [0, 0.05) is 50.0 Å².